The first-order chi connectivity index (χ1) is 3.98. The number of hydroxylamine groups is 2. The van der Waals surface area contributed by atoms with Crippen molar-refractivity contribution in [3.05, 3.63) is 0 Å². The van der Waals surface area contributed by atoms with Gasteiger partial charge in [0.25, 0.3) is 0 Å². The van der Waals surface area contributed by atoms with Gasteiger partial charge in [0.1, 0.15) is 0 Å². The first-order valence-corrected chi connectivity index (χ1v) is 3.49. The molecule has 9 heavy (non-hydrogen) atoms. The molecule has 0 aromatic rings. The third-order valence-electron chi connectivity index (χ3n) is 0.444. The minimum Gasteiger partial charge on any atom is -0.250 e. The zero-order valence-electron chi connectivity index (χ0n) is 5.49. The maximum atomic E-state index is 10.3. The molecular weight excluding hydrogens is 146 g/mol. The molecule has 0 aromatic heterocycles. The summed E-state index contributed by atoms with van der Waals surface area (Å²) in [4.78, 5) is 0. The Bertz CT molecular complexity index is 161. The second-order valence-corrected chi connectivity index (χ2v) is 2.76. The highest BCUT2D eigenvalue weighted by molar-refractivity contribution is 7.81. The Kier molecular flexibility index (Phi) is 3.06. The fourth-order valence-electron chi connectivity index (χ4n) is 0.213. The van der Waals surface area contributed by atoms with E-state index in [1.807, 2.05) is 0 Å². The average molecular weight is 155 g/mol. The molecule has 0 unspecified atom stereocenters. The molecule has 56 valence electrons. The number of hydrogen-bond donors (Lipinski definition) is 0. The van der Waals surface area contributed by atoms with Crippen LogP contribution in [0.2, 0.25) is 0 Å². The maximum absolute atomic E-state index is 10.3. The lowest BCUT2D eigenvalue weighted by Crippen LogP contribution is -2.19. The molecule has 0 rings (SSSR count). The Labute approximate surface area is 54.5 Å². The van der Waals surface area contributed by atoms with Gasteiger partial charge in [-0.15, -0.1) is 0 Å². The van der Waals surface area contributed by atoms with Gasteiger partial charge in [0.2, 0.25) is 0 Å². The predicted molar refractivity (Wildman–Crippen MR) is 30.7 cm³/mol. The molecule has 0 saturated carbocycles. The molecule has 5 nitrogen and oxygen atoms in total. The van der Waals surface area contributed by atoms with Crippen LogP contribution >= 0.6 is 0 Å². The lowest BCUT2D eigenvalue weighted by atomic mass is 11.2. The van der Waals surface area contributed by atoms with E-state index >= 15 is 0 Å². The van der Waals surface area contributed by atoms with Gasteiger partial charge in [-0.2, -0.15) is 17.8 Å². The molecule has 0 heterocycles. The number of rotatable bonds is 3. The molecular formula is C3H9NO4S. The van der Waals surface area contributed by atoms with Gasteiger partial charge in [-0.25, -0.2) is 0 Å². The fraction of sp³-hybridized carbons (Fsp3) is 1.00. The van der Waals surface area contributed by atoms with E-state index < -0.39 is 10.4 Å². The van der Waals surface area contributed by atoms with Crippen molar-refractivity contribution >= 4 is 10.4 Å². The van der Waals surface area contributed by atoms with Gasteiger partial charge in [0.15, 0.2) is 0 Å². The van der Waals surface area contributed by atoms with Crippen LogP contribution in [0.25, 0.3) is 0 Å². The van der Waals surface area contributed by atoms with E-state index in [9.17, 15) is 8.42 Å². The SMILES string of the molecule is COS(=O)(=O)ON(C)C. The Morgan fingerprint density at radius 1 is 1.33 bits per heavy atom. The average Bonchev–Trinajstić information content (AvgIpc) is 1.63. The van der Waals surface area contributed by atoms with Gasteiger partial charge >= 0.3 is 10.4 Å². The normalized spacial score (nSPS) is 12.4. The van der Waals surface area contributed by atoms with Crippen LogP contribution in [0, 0.1) is 0 Å². The summed E-state index contributed by atoms with van der Waals surface area (Å²) in [6.45, 7) is 0. The van der Waals surface area contributed by atoms with Crippen LogP contribution in [0.5, 0.6) is 0 Å². The molecule has 0 aliphatic rings. The molecule has 0 fully saturated rings. The van der Waals surface area contributed by atoms with Crippen molar-refractivity contribution in [3.63, 3.8) is 0 Å². The largest absolute Gasteiger partial charge is 0.416 e. The number of nitrogens with zero attached hydrogens (tertiary/aromatic N) is 1. The van der Waals surface area contributed by atoms with Gasteiger partial charge in [-0.3, -0.25) is 4.18 Å². The van der Waals surface area contributed by atoms with Crippen molar-refractivity contribution in [1.82, 2.24) is 5.06 Å². The summed E-state index contributed by atoms with van der Waals surface area (Å²) in [6, 6.07) is 0. The molecule has 0 bridgehead atoms. The first kappa shape index (κ1) is 8.83. The molecule has 0 aromatic carbocycles. The monoisotopic (exact) mass is 155 g/mol. The summed E-state index contributed by atoms with van der Waals surface area (Å²) in [7, 11) is 0.116. The van der Waals surface area contributed by atoms with Gasteiger partial charge in [0, 0.05) is 14.1 Å². The van der Waals surface area contributed by atoms with E-state index in [1.165, 1.54) is 14.1 Å². The molecule has 0 spiro atoms. The Morgan fingerprint density at radius 3 is 1.89 bits per heavy atom. The number of hydrogen-bond acceptors (Lipinski definition) is 5. The van der Waals surface area contributed by atoms with Crippen molar-refractivity contribution in [2.45, 2.75) is 0 Å². The van der Waals surface area contributed by atoms with Gasteiger partial charge in [-0.1, -0.05) is 0 Å². The smallest absolute Gasteiger partial charge is 0.250 e. The van der Waals surface area contributed by atoms with Crippen LogP contribution in [-0.2, 0) is 18.9 Å². The van der Waals surface area contributed by atoms with Crippen LogP contribution in [-0.4, -0.2) is 34.7 Å². The van der Waals surface area contributed by atoms with E-state index in [0.29, 0.717) is 0 Å². The summed E-state index contributed by atoms with van der Waals surface area (Å²) in [5, 5.41) is 1.03. The third-order valence-corrected chi connectivity index (χ3v) is 1.33. The Balaban J connectivity index is 3.90. The topological polar surface area (TPSA) is 55.8 Å². The second kappa shape index (κ2) is 3.11. The third kappa shape index (κ3) is 4.34. The van der Waals surface area contributed by atoms with E-state index in [-0.39, 0.29) is 0 Å². The fourth-order valence-corrected chi connectivity index (χ4v) is 0.639. The minimum atomic E-state index is -3.79. The van der Waals surface area contributed by atoms with Crippen molar-refractivity contribution in [3.8, 4) is 0 Å². The molecule has 0 amide bonds. The first-order valence-electron chi connectivity index (χ1n) is 2.15. The van der Waals surface area contributed by atoms with E-state index in [4.69, 9.17) is 0 Å². The van der Waals surface area contributed by atoms with E-state index in [2.05, 4.69) is 8.47 Å². The lowest BCUT2D eigenvalue weighted by molar-refractivity contribution is -0.0109. The highest BCUT2D eigenvalue weighted by Crippen LogP contribution is 1.92. The maximum Gasteiger partial charge on any atom is 0.416 e. The molecule has 0 saturated heterocycles. The van der Waals surface area contributed by atoms with Crippen LogP contribution in [0.3, 0.4) is 0 Å². The quantitative estimate of drug-likeness (QED) is 0.508. The Morgan fingerprint density at radius 2 is 1.78 bits per heavy atom. The van der Waals surface area contributed by atoms with Crippen LogP contribution in [0.15, 0.2) is 0 Å². The predicted octanol–water partition coefficient (Wildman–Crippen LogP) is -0.629. The molecule has 0 N–H and O–H groups in total. The summed E-state index contributed by atoms with van der Waals surface area (Å²) in [5.41, 5.74) is 0. The van der Waals surface area contributed by atoms with Gasteiger partial charge in [0.05, 0.1) is 7.11 Å². The van der Waals surface area contributed by atoms with Crippen molar-refractivity contribution < 1.29 is 16.9 Å². The highest BCUT2D eigenvalue weighted by Gasteiger charge is 2.09. The second-order valence-electron chi connectivity index (χ2n) is 1.46. The van der Waals surface area contributed by atoms with E-state index in [0.717, 1.165) is 12.2 Å². The highest BCUT2D eigenvalue weighted by atomic mass is 32.3. The zero-order valence-corrected chi connectivity index (χ0v) is 6.30. The summed E-state index contributed by atoms with van der Waals surface area (Å²) < 4.78 is 28.8. The molecule has 0 aliphatic heterocycles. The molecule has 0 atom stereocenters. The Hall–Kier alpha value is -0.170. The molecule has 0 aliphatic carbocycles. The molecule has 0 radical (unpaired) electrons. The summed E-state index contributed by atoms with van der Waals surface area (Å²) in [6.07, 6.45) is 0. The zero-order chi connectivity index (χ0) is 7.49. The van der Waals surface area contributed by atoms with Crippen LogP contribution < -0.4 is 0 Å². The summed E-state index contributed by atoms with van der Waals surface area (Å²) >= 11 is 0. The van der Waals surface area contributed by atoms with Crippen LogP contribution in [0.4, 0.5) is 0 Å². The summed E-state index contributed by atoms with van der Waals surface area (Å²) in [5.74, 6) is 0. The standard InChI is InChI=1S/C3H9NO4S/c1-4(2)8-9(5,6)7-3/h1-3H3. The van der Waals surface area contributed by atoms with Gasteiger partial charge < -0.3 is 0 Å². The van der Waals surface area contributed by atoms with E-state index in [1.54, 1.807) is 0 Å². The van der Waals surface area contributed by atoms with Gasteiger partial charge in [-0.05, 0) is 0 Å². The van der Waals surface area contributed by atoms with Crippen molar-refractivity contribution in [2.24, 2.45) is 0 Å². The van der Waals surface area contributed by atoms with Crippen LogP contribution in [0.1, 0.15) is 0 Å². The van der Waals surface area contributed by atoms with Crippen molar-refractivity contribution in [1.29, 1.82) is 0 Å². The lowest BCUT2D eigenvalue weighted by Gasteiger charge is -2.06. The van der Waals surface area contributed by atoms with Crippen molar-refractivity contribution in [2.75, 3.05) is 21.2 Å². The minimum absolute atomic E-state index is 1.03. The molecule has 6 heteroatoms.